The average Bonchev–Trinajstić information content (AvgIpc) is 2.43. The number of methoxy groups -OCH3 is 1. The van der Waals surface area contributed by atoms with Crippen LogP contribution in [0.25, 0.3) is 0 Å². The van der Waals surface area contributed by atoms with Gasteiger partial charge in [0.15, 0.2) is 9.84 Å². The molecule has 1 aromatic rings. The molecule has 0 aliphatic heterocycles. The summed E-state index contributed by atoms with van der Waals surface area (Å²) in [6.07, 6.45) is 0. The van der Waals surface area contributed by atoms with Crippen molar-refractivity contribution in [3.05, 3.63) is 29.8 Å². The lowest BCUT2D eigenvalue weighted by atomic mass is 10.2. The summed E-state index contributed by atoms with van der Waals surface area (Å²) in [6, 6.07) is 5.72. The summed E-state index contributed by atoms with van der Waals surface area (Å²) >= 11 is 0. The average molecular weight is 287 g/mol. The van der Waals surface area contributed by atoms with Gasteiger partial charge in [-0.05, 0) is 24.3 Å². The second-order valence-corrected chi connectivity index (χ2v) is 5.93. The number of carbonyl (C=O) groups is 1. The molecular weight excluding hydrogens is 270 g/mol. The first kappa shape index (κ1) is 15.6. The molecule has 0 atom stereocenters. The van der Waals surface area contributed by atoms with Gasteiger partial charge in [0.05, 0.1) is 24.4 Å². The van der Waals surface area contributed by atoms with Crippen molar-refractivity contribution >= 4 is 15.7 Å². The van der Waals surface area contributed by atoms with Gasteiger partial charge in [-0.15, -0.1) is 0 Å². The maximum absolute atomic E-state index is 11.9. The van der Waals surface area contributed by atoms with E-state index in [4.69, 9.17) is 9.57 Å². The molecule has 0 bridgehead atoms. The smallest absolute Gasteiger partial charge is 0.277 e. The maximum Gasteiger partial charge on any atom is 0.277 e. The van der Waals surface area contributed by atoms with Crippen LogP contribution in [0.1, 0.15) is 10.4 Å². The minimum atomic E-state index is -3.37. The largest absolute Gasteiger partial charge is 0.384 e. The molecule has 0 fully saturated rings. The van der Waals surface area contributed by atoms with Crippen LogP contribution in [-0.4, -0.2) is 53.0 Å². The van der Waals surface area contributed by atoms with Gasteiger partial charge >= 0.3 is 0 Å². The van der Waals surface area contributed by atoms with Crippen LogP contribution >= 0.6 is 0 Å². The number of rotatable bonds is 6. The first-order valence-electron chi connectivity index (χ1n) is 5.56. The number of hydroxylamine groups is 2. The van der Waals surface area contributed by atoms with E-state index in [9.17, 15) is 13.2 Å². The molecule has 0 aromatic heterocycles. The van der Waals surface area contributed by atoms with E-state index in [1.54, 1.807) is 0 Å². The Morgan fingerprint density at radius 1 is 1.21 bits per heavy atom. The summed E-state index contributed by atoms with van der Waals surface area (Å²) in [7, 11) is 0.925. The molecule has 19 heavy (non-hydrogen) atoms. The SMILES string of the molecule is COCCS(=O)(=O)c1ccc(C(=O)N(C)OC)cc1. The summed E-state index contributed by atoms with van der Waals surface area (Å²) in [5.74, 6) is -0.433. The van der Waals surface area contributed by atoms with E-state index in [2.05, 4.69) is 0 Å². The third-order valence-electron chi connectivity index (χ3n) is 2.58. The Balaban J connectivity index is 2.91. The van der Waals surface area contributed by atoms with Crippen LogP contribution in [0.3, 0.4) is 0 Å². The van der Waals surface area contributed by atoms with Gasteiger partial charge in [0.1, 0.15) is 0 Å². The zero-order valence-electron chi connectivity index (χ0n) is 11.1. The van der Waals surface area contributed by atoms with E-state index in [0.29, 0.717) is 5.56 Å². The molecule has 1 aromatic carbocycles. The van der Waals surface area contributed by atoms with Crippen LogP contribution in [0, 0.1) is 0 Å². The predicted octanol–water partition coefficient (Wildman–Crippen LogP) is 0.740. The molecular formula is C12H17NO5S. The molecule has 6 nitrogen and oxygen atoms in total. The van der Waals surface area contributed by atoms with Crippen LogP contribution in [0.5, 0.6) is 0 Å². The molecule has 106 valence electrons. The normalized spacial score (nSPS) is 11.3. The van der Waals surface area contributed by atoms with Gasteiger partial charge in [-0.1, -0.05) is 0 Å². The van der Waals surface area contributed by atoms with Crippen molar-refractivity contribution in [3.8, 4) is 0 Å². The zero-order chi connectivity index (χ0) is 14.5. The second-order valence-electron chi connectivity index (χ2n) is 3.82. The van der Waals surface area contributed by atoms with Gasteiger partial charge < -0.3 is 4.74 Å². The summed E-state index contributed by atoms with van der Waals surface area (Å²) < 4.78 is 28.5. The highest BCUT2D eigenvalue weighted by atomic mass is 32.2. The van der Waals surface area contributed by atoms with Crippen molar-refractivity contribution in [1.82, 2.24) is 5.06 Å². The minimum Gasteiger partial charge on any atom is -0.384 e. The molecule has 0 saturated heterocycles. The van der Waals surface area contributed by atoms with Gasteiger partial charge in [0.2, 0.25) is 0 Å². The highest BCUT2D eigenvalue weighted by Gasteiger charge is 2.16. The van der Waals surface area contributed by atoms with Crippen molar-refractivity contribution in [2.24, 2.45) is 0 Å². The van der Waals surface area contributed by atoms with Crippen LogP contribution in [0.2, 0.25) is 0 Å². The standard InChI is InChI=1S/C12H17NO5S/c1-13(18-3)12(14)10-4-6-11(7-5-10)19(15,16)9-8-17-2/h4-7H,8-9H2,1-3H3. The van der Waals surface area contributed by atoms with E-state index in [1.807, 2.05) is 0 Å². The third kappa shape index (κ3) is 4.02. The van der Waals surface area contributed by atoms with Crippen molar-refractivity contribution in [2.45, 2.75) is 4.90 Å². The molecule has 1 rings (SSSR count). The molecule has 0 aliphatic carbocycles. The fraction of sp³-hybridized carbons (Fsp3) is 0.417. The summed E-state index contributed by atoms with van der Waals surface area (Å²) in [6.45, 7) is 0.134. The second kappa shape index (κ2) is 6.65. The number of carbonyl (C=O) groups excluding carboxylic acids is 1. The fourth-order valence-electron chi connectivity index (χ4n) is 1.38. The third-order valence-corrected chi connectivity index (χ3v) is 4.27. The van der Waals surface area contributed by atoms with Crippen molar-refractivity contribution in [1.29, 1.82) is 0 Å². The minimum absolute atomic E-state index is 0.0885. The Kier molecular flexibility index (Phi) is 5.46. The molecule has 0 radical (unpaired) electrons. The van der Waals surface area contributed by atoms with Crippen LogP contribution < -0.4 is 0 Å². The first-order chi connectivity index (χ1) is 8.92. The first-order valence-corrected chi connectivity index (χ1v) is 7.21. The molecule has 1 amide bonds. The maximum atomic E-state index is 11.9. The lowest BCUT2D eigenvalue weighted by Crippen LogP contribution is -2.25. The molecule has 0 unspecified atom stereocenters. The zero-order valence-corrected chi connectivity index (χ0v) is 11.9. The molecule has 0 N–H and O–H groups in total. The molecule has 7 heteroatoms. The van der Waals surface area contributed by atoms with Crippen molar-refractivity contribution in [3.63, 3.8) is 0 Å². The van der Waals surface area contributed by atoms with Gasteiger partial charge in [0, 0.05) is 19.7 Å². The number of hydrogen-bond acceptors (Lipinski definition) is 5. The number of sulfone groups is 1. The van der Waals surface area contributed by atoms with Gasteiger partial charge in [0.25, 0.3) is 5.91 Å². The highest BCUT2D eigenvalue weighted by Crippen LogP contribution is 2.13. The molecule has 0 aliphatic rings. The fourth-order valence-corrected chi connectivity index (χ4v) is 2.55. The van der Waals surface area contributed by atoms with Gasteiger partial charge in [-0.25, -0.2) is 13.5 Å². The van der Waals surface area contributed by atoms with Gasteiger partial charge in [-0.2, -0.15) is 0 Å². The number of ether oxygens (including phenoxy) is 1. The highest BCUT2D eigenvalue weighted by molar-refractivity contribution is 7.91. The van der Waals surface area contributed by atoms with E-state index in [1.165, 1.54) is 45.5 Å². The van der Waals surface area contributed by atoms with E-state index in [-0.39, 0.29) is 23.2 Å². The number of hydrogen-bond donors (Lipinski definition) is 0. The van der Waals surface area contributed by atoms with Crippen molar-refractivity contribution in [2.75, 3.05) is 33.6 Å². The van der Waals surface area contributed by atoms with Crippen LogP contribution in [0.15, 0.2) is 29.2 Å². The van der Waals surface area contributed by atoms with E-state index >= 15 is 0 Å². The topological polar surface area (TPSA) is 72.9 Å². The van der Waals surface area contributed by atoms with Crippen LogP contribution in [0.4, 0.5) is 0 Å². The quantitative estimate of drug-likeness (QED) is 0.722. The monoisotopic (exact) mass is 287 g/mol. The Hall–Kier alpha value is -1.44. The Morgan fingerprint density at radius 3 is 2.26 bits per heavy atom. The summed E-state index contributed by atoms with van der Waals surface area (Å²) in [5, 5.41) is 1.06. The predicted molar refractivity (Wildman–Crippen MR) is 69.5 cm³/mol. The number of benzene rings is 1. The molecule has 0 heterocycles. The van der Waals surface area contributed by atoms with E-state index in [0.717, 1.165) is 5.06 Å². The Labute approximate surface area is 112 Å². The molecule has 0 saturated carbocycles. The lowest BCUT2D eigenvalue weighted by molar-refractivity contribution is -0.0757. The molecule has 0 spiro atoms. The lowest BCUT2D eigenvalue weighted by Gasteiger charge is -2.13. The van der Waals surface area contributed by atoms with Crippen LogP contribution in [-0.2, 0) is 19.4 Å². The van der Waals surface area contributed by atoms with Gasteiger partial charge in [-0.3, -0.25) is 9.63 Å². The summed E-state index contributed by atoms with van der Waals surface area (Å²) in [4.78, 5) is 16.7. The Bertz CT molecular complexity index is 524. The summed E-state index contributed by atoms with van der Waals surface area (Å²) in [5.41, 5.74) is 0.357. The van der Waals surface area contributed by atoms with Crippen molar-refractivity contribution < 1.29 is 22.8 Å². The van der Waals surface area contributed by atoms with E-state index < -0.39 is 9.84 Å². The number of nitrogens with zero attached hydrogens (tertiary/aromatic N) is 1. The number of amides is 1. The Morgan fingerprint density at radius 2 is 1.79 bits per heavy atom.